The molecule has 13 heteroatoms. The Balaban J connectivity index is 1.81. The first-order chi connectivity index (χ1) is 17.7. The summed E-state index contributed by atoms with van der Waals surface area (Å²) in [5.41, 5.74) is 2.25. The third-order valence-electron chi connectivity index (χ3n) is 4.93. The summed E-state index contributed by atoms with van der Waals surface area (Å²) in [6.07, 6.45) is -2.37. The minimum atomic E-state index is -1.39. The number of nitrogens with one attached hydrogen (secondary N) is 2. The summed E-state index contributed by atoms with van der Waals surface area (Å²) < 4.78 is 10.3. The van der Waals surface area contributed by atoms with E-state index in [1.807, 2.05) is 12.1 Å². The van der Waals surface area contributed by atoms with Gasteiger partial charge in [-0.15, -0.1) is 0 Å². The monoisotopic (exact) mass is 643 g/mol. The van der Waals surface area contributed by atoms with Crippen molar-refractivity contribution in [2.45, 2.75) is 25.5 Å². The Labute approximate surface area is 230 Å². The lowest BCUT2D eigenvalue weighted by atomic mass is 10.1. The number of anilines is 2. The molecule has 0 aliphatic rings. The summed E-state index contributed by atoms with van der Waals surface area (Å²) in [5.74, 6) is -2.42. The summed E-state index contributed by atoms with van der Waals surface area (Å²) in [7, 11) is 0. The Bertz CT molecular complexity index is 1040. The number of nitrogens with zero attached hydrogens (tertiary/aromatic N) is 1. The number of hydrogen-bond donors (Lipinski definition) is 4. The van der Waals surface area contributed by atoms with E-state index < -0.39 is 36.6 Å². The van der Waals surface area contributed by atoms with Gasteiger partial charge in [0, 0.05) is 41.5 Å². The molecule has 0 aliphatic carbocycles. The average Bonchev–Trinajstić information content (AvgIpc) is 2.86. The van der Waals surface area contributed by atoms with E-state index in [-0.39, 0.29) is 18.8 Å². The third-order valence-corrected chi connectivity index (χ3v) is 5.64. The molecular weight excluding hydrogens is 618 g/mol. The van der Waals surface area contributed by atoms with E-state index in [9.17, 15) is 19.2 Å². The predicted molar refractivity (Wildman–Crippen MR) is 144 cm³/mol. The van der Waals surface area contributed by atoms with E-state index in [0.29, 0.717) is 11.3 Å². The number of carbonyl (C=O) groups excluding carboxylic acids is 2. The summed E-state index contributed by atoms with van der Waals surface area (Å²) >= 11 is 6.89. The minimum Gasteiger partial charge on any atom is -0.481 e. The van der Waals surface area contributed by atoms with Crippen LogP contribution in [0.25, 0.3) is 0 Å². The fourth-order valence-electron chi connectivity index (χ4n) is 3.09. The zero-order chi connectivity index (χ0) is 27.2. The fourth-order valence-corrected chi connectivity index (χ4v) is 3.95. The molecule has 0 spiro atoms. The largest absolute Gasteiger partial charge is 0.481 e. The van der Waals surface area contributed by atoms with Gasteiger partial charge in [0.25, 0.3) is 0 Å². The Hall–Kier alpha value is -3.32. The number of carboxylic acid groups (broad SMARTS) is 2. The number of benzene rings is 2. The molecule has 0 saturated heterocycles. The van der Waals surface area contributed by atoms with E-state index >= 15 is 0 Å². The zero-order valence-electron chi connectivity index (χ0n) is 19.7. The summed E-state index contributed by atoms with van der Waals surface area (Å²) in [6.45, 7) is 1.67. The van der Waals surface area contributed by atoms with E-state index in [4.69, 9.17) is 19.7 Å². The first kappa shape index (κ1) is 29.9. The van der Waals surface area contributed by atoms with Crippen LogP contribution in [0.5, 0.6) is 5.75 Å². The van der Waals surface area contributed by atoms with Crippen molar-refractivity contribution in [3.05, 3.63) is 54.1 Å². The van der Waals surface area contributed by atoms with Crippen molar-refractivity contribution < 1.29 is 38.9 Å². The molecule has 0 aromatic heterocycles. The van der Waals surface area contributed by atoms with Crippen LogP contribution >= 0.6 is 31.9 Å². The maximum atomic E-state index is 12.2. The number of halogens is 2. The predicted octanol–water partition coefficient (Wildman–Crippen LogP) is 4.44. The second kappa shape index (κ2) is 15.7. The number of rotatable bonds is 14. The van der Waals surface area contributed by atoms with Gasteiger partial charge in [-0.05, 0) is 48.4 Å². The van der Waals surface area contributed by atoms with Crippen molar-refractivity contribution in [2.75, 3.05) is 34.0 Å². The van der Waals surface area contributed by atoms with Crippen molar-refractivity contribution in [1.82, 2.24) is 5.32 Å². The van der Waals surface area contributed by atoms with Crippen LogP contribution in [0, 0.1) is 0 Å². The van der Waals surface area contributed by atoms with Crippen molar-refractivity contribution in [1.29, 1.82) is 0 Å². The Kier molecular flexibility index (Phi) is 12.7. The van der Waals surface area contributed by atoms with Gasteiger partial charge in [0.15, 0.2) is 0 Å². The molecule has 2 amide bonds. The molecule has 37 heavy (non-hydrogen) atoms. The molecule has 2 rings (SSSR count). The van der Waals surface area contributed by atoms with Crippen LogP contribution in [0.1, 0.15) is 18.4 Å². The Morgan fingerprint density at radius 2 is 1.51 bits per heavy atom. The highest BCUT2D eigenvalue weighted by Gasteiger charge is 2.22. The van der Waals surface area contributed by atoms with Crippen molar-refractivity contribution >= 4 is 67.4 Å². The second-order valence-electron chi connectivity index (χ2n) is 7.61. The molecule has 2 aromatic rings. The molecule has 0 bridgehead atoms. The van der Waals surface area contributed by atoms with Crippen LogP contribution < -0.4 is 20.3 Å². The van der Waals surface area contributed by atoms with Crippen LogP contribution in [-0.2, 0) is 20.9 Å². The molecule has 4 N–H and O–H groups in total. The van der Waals surface area contributed by atoms with Crippen LogP contribution in [0.2, 0.25) is 0 Å². The summed E-state index contributed by atoms with van der Waals surface area (Å²) in [5, 5.41) is 24.2. The van der Waals surface area contributed by atoms with Crippen molar-refractivity contribution in [2.24, 2.45) is 0 Å². The van der Waals surface area contributed by atoms with Gasteiger partial charge < -0.3 is 29.9 Å². The van der Waals surface area contributed by atoms with Gasteiger partial charge in [0.2, 0.25) is 0 Å². The van der Waals surface area contributed by atoms with E-state index in [2.05, 4.69) is 47.4 Å². The Morgan fingerprint density at radius 3 is 2.05 bits per heavy atom. The lowest BCUT2D eigenvalue weighted by Gasteiger charge is -2.23. The van der Waals surface area contributed by atoms with E-state index in [1.165, 1.54) is 12.1 Å². The van der Waals surface area contributed by atoms with Gasteiger partial charge in [0.05, 0.1) is 0 Å². The molecule has 11 nitrogen and oxygen atoms in total. The molecule has 0 radical (unpaired) electrons. The normalized spacial score (nSPS) is 11.2. The molecule has 1 atom stereocenters. The van der Waals surface area contributed by atoms with Gasteiger partial charge in [-0.2, -0.15) is 0 Å². The molecule has 0 heterocycles. The molecule has 2 aromatic carbocycles. The molecule has 0 saturated carbocycles. The highest BCUT2D eigenvalue weighted by molar-refractivity contribution is 9.09. The highest BCUT2D eigenvalue weighted by atomic mass is 79.9. The van der Waals surface area contributed by atoms with E-state index in [0.717, 1.165) is 29.4 Å². The van der Waals surface area contributed by atoms with Gasteiger partial charge in [-0.1, -0.05) is 44.0 Å². The minimum absolute atomic E-state index is 0.0308. The summed E-state index contributed by atoms with van der Waals surface area (Å²) in [6, 6.07) is 12.1. The average molecular weight is 645 g/mol. The first-order valence-corrected chi connectivity index (χ1v) is 13.4. The smallest absolute Gasteiger partial charge is 0.413 e. The Morgan fingerprint density at radius 1 is 0.892 bits per heavy atom. The molecule has 0 aliphatic heterocycles. The number of amides is 2. The second-order valence-corrected chi connectivity index (χ2v) is 9.20. The number of ether oxygens (including phenoxy) is 2. The summed E-state index contributed by atoms with van der Waals surface area (Å²) in [4.78, 5) is 48.1. The topological polar surface area (TPSA) is 154 Å². The number of hydrogen-bond acceptors (Lipinski definition) is 7. The van der Waals surface area contributed by atoms with Gasteiger partial charge in [-0.3, -0.25) is 10.1 Å². The quantitative estimate of drug-likeness (QED) is 0.219. The molecule has 0 fully saturated rings. The van der Waals surface area contributed by atoms with Gasteiger partial charge in [-0.25, -0.2) is 14.4 Å². The lowest BCUT2D eigenvalue weighted by Crippen LogP contribution is -2.42. The van der Waals surface area contributed by atoms with Crippen LogP contribution in [-0.4, -0.2) is 64.1 Å². The molecule has 200 valence electrons. The van der Waals surface area contributed by atoms with Crippen LogP contribution in [0.4, 0.5) is 21.0 Å². The molecular formula is C24H27Br2N3O8. The number of alkyl halides is 2. The number of carbonyl (C=O) groups is 4. The lowest BCUT2D eigenvalue weighted by molar-refractivity contribution is -0.140. The standard InChI is InChI=1S/C24H27Br2N3O8/c25-11-13-29(14-12-26)18-5-3-17(4-6-18)27-23(34)36-15-16-1-7-19(8-2-16)37-24(35)28-20(22(32)33)9-10-21(30)31/h1-8,20H,9-15H2,(H,27,34)(H,28,35)(H,30,31)(H,32,33)/t20-/m0/s1. The fraction of sp³-hybridized carbons (Fsp3) is 0.333. The third kappa shape index (κ3) is 11.1. The van der Waals surface area contributed by atoms with Crippen molar-refractivity contribution in [3.63, 3.8) is 0 Å². The van der Waals surface area contributed by atoms with Gasteiger partial charge >= 0.3 is 24.1 Å². The van der Waals surface area contributed by atoms with Crippen molar-refractivity contribution in [3.8, 4) is 5.75 Å². The maximum absolute atomic E-state index is 12.2. The van der Waals surface area contributed by atoms with Gasteiger partial charge in [0.1, 0.15) is 18.4 Å². The zero-order valence-corrected chi connectivity index (χ0v) is 22.9. The maximum Gasteiger partial charge on any atom is 0.413 e. The number of aliphatic carboxylic acids is 2. The van der Waals surface area contributed by atoms with Crippen LogP contribution in [0.15, 0.2) is 48.5 Å². The SMILES string of the molecule is O=C(O)CC[C@H](NC(=O)Oc1ccc(COC(=O)Nc2ccc(N(CCBr)CCBr)cc2)cc1)C(=O)O. The highest BCUT2D eigenvalue weighted by Crippen LogP contribution is 2.19. The van der Waals surface area contributed by atoms with Crippen LogP contribution in [0.3, 0.4) is 0 Å². The number of carboxylic acids is 2. The van der Waals surface area contributed by atoms with E-state index in [1.54, 1.807) is 24.3 Å². The first-order valence-electron chi connectivity index (χ1n) is 11.1. The molecule has 0 unspecified atom stereocenters.